The SMILES string of the molecule is CC(C)c1c[nH]c2ccc(Oc3c(Br)cc(NCC(=O)C(=O)[O-])cc3C(F)(F)F)cc12. The Kier molecular flexibility index (Phi) is 6.30. The highest BCUT2D eigenvalue weighted by atomic mass is 79.9. The van der Waals surface area contributed by atoms with Gasteiger partial charge < -0.3 is 24.9 Å². The number of aliphatic carboxylic acids is 1. The van der Waals surface area contributed by atoms with E-state index in [1.807, 2.05) is 20.0 Å². The fourth-order valence-corrected chi connectivity index (χ4v) is 3.59. The fraction of sp³-hybridized carbons (Fsp3) is 0.238. The Hall–Kier alpha value is -3.01. The lowest BCUT2D eigenvalue weighted by molar-refractivity contribution is -0.299. The number of carbonyl (C=O) groups is 2. The summed E-state index contributed by atoms with van der Waals surface area (Å²) in [6.45, 7) is 3.30. The summed E-state index contributed by atoms with van der Waals surface area (Å²) in [5.74, 6) is -3.25. The van der Waals surface area contributed by atoms with Crippen LogP contribution in [0.15, 0.2) is 41.0 Å². The third-order valence-electron chi connectivity index (χ3n) is 4.56. The van der Waals surface area contributed by atoms with E-state index in [1.54, 1.807) is 18.2 Å². The Bertz CT molecular complexity index is 1160. The first-order chi connectivity index (χ1) is 14.5. The number of alkyl halides is 3. The Labute approximate surface area is 183 Å². The molecule has 3 aromatic rings. The topological polar surface area (TPSA) is 94.2 Å². The monoisotopic (exact) mass is 497 g/mol. The van der Waals surface area contributed by atoms with Crippen LogP contribution in [0.1, 0.15) is 30.9 Å². The molecule has 0 aliphatic heterocycles. The number of ether oxygens (including phenoxy) is 1. The number of anilines is 1. The van der Waals surface area contributed by atoms with Crippen molar-refractivity contribution < 1.29 is 32.6 Å². The van der Waals surface area contributed by atoms with Crippen molar-refractivity contribution in [3.05, 3.63) is 52.1 Å². The Balaban J connectivity index is 1.98. The average Bonchev–Trinajstić information content (AvgIpc) is 3.10. The second-order valence-corrected chi connectivity index (χ2v) is 7.96. The van der Waals surface area contributed by atoms with Crippen LogP contribution in [0.2, 0.25) is 0 Å². The quantitative estimate of drug-likeness (QED) is 0.465. The van der Waals surface area contributed by atoms with Crippen molar-refractivity contribution in [3.63, 3.8) is 0 Å². The Morgan fingerprint density at radius 2 is 1.94 bits per heavy atom. The van der Waals surface area contributed by atoms with E-state index >= 15 is 0 Å². The molecule has 0 amide bonds. The normalized spacial score (nSPS) is 11.7. The molecule has 0 aliphatic rings. The zero-order valence-corrected chi connectivity index (χ0v) is 18.0. The van der Waals surface area contributed by atoms with Gasteiger partial charge in [0.15, 0.2) is 11.5 Å². The van der Waals surface area contributed by atoms with Crippen molar-refractivity contribution in [2.45, 2.75) is 25.9 Å². The number of Topliss-reactive ketones (excluding diaryl/α,β-unsaturated/α-hetero) is 1. The molecule has 2 N–H and O–H groups in total. The maximum Gasteiger partial charge on any atom is 0.420 e. The number of benzene rings is 2. The van der Waals surface area contributed by atoms with Crippen molar-refractivity contribution >= 4 is 44.3 Å². The molecule has 2 aromatic carbocycles. The van der Waals surface area contributed by atoms with Gasteiger partial charge in [0.25, 0.3) is 0 Å². The molecule has 3 rings (SSSR count). The highest BCUT2D eigenvalue weighted by Crippen LogP contribution is 2.44. The first kappa shape index (κ1) is 22.7. The molecule has 0 radical (unpaired) electrons. The van der Waals surface area contributed by atoms with Gasteiger partial charge in [0.1, 0.15) is 17.3 Å². The first-order valence-electron chi connectivity index (χ1n) is 9.15. The van der Waals surface area contributed by atoms with Crippen LogP contribution in [0.25, 0.3) is 10.9 Å². The molecule has 0 spiro atoms. The number of aromatic amines is 1. The fourth-order valence-electron chi connectivity index (χ4n) is 3.04. The number of rotatable bonds is 7. The van der Waals surface area contributed by atoms with Gasteiger partial charge in [-0.1, -0.05) is 13.8 Å². The van der Waals surface area contributed by atoms with Gasteiger partial charge in [0.05, 0.1) is 11.0 Å². The maximum absolute atomic E-state index is 13.7. The van der Waals surface area contributed by atoms with E-state index in [1.165, 1.54) is 6.07 Å². The minimum Gasteiger partial charge on any atom is -0.542 e. The van der Waals surface area contributed by atoms with Crippen LogP contribution < -0.4 is 15.2 Å². The van der Waals surface area contributed by atoms with Gasteiger partial charge in [-0.05, 0) is 57.7 Å². The summed E-state index contributed by atoms with van der Waals surface area (Å²) < 4.78 is 46.7. The molecule has 10 heteroatoms. The predicted molar refractivity (Wildman–Crippen MR) is 110 cm³/mol. The van der Waals surface area contributed by atoms with Gasteiger partial charge in [-0.15, -0.1) is 0 Å². The van der Waals surface area contributed by atoms with E-state index in [9.17, 15) is 27.9 Å². The molecule has 1 aromatic heterocycles. The molecule has 6 nitrogen and oxygen atoms in total. The standard InChI is InChI=1S/C21H18BrF3N2O4/c1-10(2)14-8-27-17-4-3-12(7-13(14)17)31-19-15(21(23,24)25)5-11(6-16(19)22)26-9-18(28)20(29)30/h3-8,10,26-27H,9H2,1-2H3,(H,29,30)/p-1. The van der Waals surface area contributed by atoms with Crippen LogP contribution in [0.5, 0.6) is 11.5 Å². The smallest absolute Gasteiger partial charge is 0.420 e. The highest BCUT2D eigenvalue weighted by molar-refractivity contribution is 9.10. The van der Waals surface area contributed by atoms with Crippen molar-refractivity contribution in [2.24, 2.45) is 0 Å². The van der Waals surface area contributed by atoms with Crippen LogP contribution in [0, 0.1) is 0 Å². The predicted octanol–water partition coefficient (Wildman–Crippen LogP) is 4.60. The molecule has 0 saturated heterocycles. The van der Waals surface area contributed by atoms with E-state index in [4.69, 9.17) is 4.74 Å². The summed E-state index contributed by atoms with van der Waals surface area (Å²) in [5.41, 5.74) is 0.642. The van der Waals surface area contributed by atoms with E-state index in [2.05, 4.69) is 26.2 Å². The number of carboxylic acids is 1. The molecule has 1 heterocycles. The Morgan fingerprint density at radius 1 is 1.23 bits per heavy atom. The summed E-state index contributed by atoms with van der Waals surface area (Å²) in [7, 11) is 0. The lowest BCUT2D eigenvalue weighted by Crippen LogP contribution is -2.35. The van der Waals surface area contributed by atoms with Gasteiger partial charge in [-0.2, -0.15) is 13.2 Å². The highest BCUT2D eigenvalue weighted by Gasteiger charge is 2.36. The van der Waals surface area contributed by atoms with Crippen LogP contribution in [-0.2, 0) is 15.8 Å². The zero-order chi connectivity index (χ0) is 22.9. The van der Waals surface area contributed by atoms with Crippen molar-refractivity contribution in [2.75, 3.05) is 11.9 Å². The van der Waals surface area contributed by atoms with Crippen molar-refractivity contribution in [1.29, 1.82) is 0 Å². The van der Waals surface area contributed by atoms with Gasteiger partial charge in [0.2, 0.25) is 0 Å². The first-order valence-corrected chi connectivity index (χ1v) is 9.94. The second-order valence-electron chi connectivity index (χ2n) is 7.10. The van der Waals surface area contributed by atoms with Gasteiger partial charge in [-0.3, -0.25) is 4.79 Å². The van der Waals surface area contributed by atoms with Crippen LogP contribution in [-0.4, -0.2) is 23.3 Å². The number of nitrogens with one attached hydrogen (secondary N) is 2. The molecule has 0 atom stereocenters. The third kappa shape index (κ3) is 5.01. The number of H-pyrrole nitrogens is 1. The van der Waals surface area contributed by atoms with E-state index < -0.39 is 35.8 Å². The molecular formula is C21H17BrF3N2O4-. The summed E-state index contributed by atoms with van der Waals surface area (Å²) in [4.78, 5) is 24.8. The van der Waals surface area contributed by atoms with E-state index in [0.717, 1.165) is 22.5 Å². The molecule has 0 aliphatic carbocycles. The van der Waals surface area contributed by atoms with Crippen molar-refractivity contribution in [3.8, 4) is 11.5 Å². The minimum absolute atomic E-state index is 0.0241. The lowest BCUT2D eigenvalue weighted by Gasteiger charge is -2.18. The number of hydrogen-bond acceptors (Lipinski definition) is 5. The average molecular weight is 498 g/mol. The number of halogens is 4. The molecule has 0 unspecified atom stereocenters. The van der Waals surface area contributed by atoms with Gasteiger partial charge in [0, 0.05) is 22.8 Å². The molecule has 0 fully saturated rings. The van der Waals surface area contributed by atoms with Crippen molar-refractivity contribution in [1.82, 2.24) is 4.98 Å². The zero-order valence-electron chi connectivity index (χ0n) is 16.4. The number of carbonyl (C=O) groups excluding carboxylic acids is 2. The lowest BCUT2D eigenvalue weighted by atomic mass is 10.0. The summed E-state index contributed by atoms with van der Waals surface area (Å²) >= 11 is 3.08. The summed E-state index contributed by atoms with van der Waals surface area (Å²) in [5, 5.41) is 13.7. The second kappa shape index (κ2) is 8.62. The molecular weight excluding hydrogens is 481 g/mol. The number of fused-ring (bicyclic) bond motifs is 1. The molecule has 0 saturated carbocycles. The minimum atomic E-state index is -4.77. The Morgan fingerprint density at radius 3 is 2.55 bits per heavy atom. The number of carboxylic acid groups (broad SMARTS) is 1. The number of hydrogen-bond donors (Lipinski definition) is 2. The summed E-state index contributed by atoms with van der Waals surface area (Å²) in [6.07, 6.45) is -2.92. The van der Waals surface area contributed by atoms with Crippen LogP contribution >= 0.6 is 15.9 Å². The van der Waals surface area contributed by atoms with E-state index in [0.29, 0.717) is 0 Å². The van der Waals surface area contributed by atoms with Gasteiger partial charge in [-0.25, -0.2) is 0 Å². The van der Waals surface area contributed by atoms with Crippen LogP contribution in [0.3, 0.4) is 0 Å². The van der Waals surface area contributed by atoms with Crippen LogP contribution in [0.4, 0.5) is 18.9 Å². The molecule has 0 bridgehead atoms. The van der Waals surface area contributed by atoms with Gasteiger partial charge >= 0.3 is 6.18 Å². The summed E-state index contributed by atoms with van der Waals surface area (Å²) in [6, 6.07) is 6.95. The molecule has 31 heavy (non-hydrogen) atoms. The maximum atomic E-state index is 13.7. The van der Waals surface area contributed by atoms with E-state index in [-0.39, 0.29) is 21.8 Å². The number of ketones is 1. The largest absolute Gasteiger partial charge is 0.542 e. The third-order valence-corrected chi connectivity index (χ3v) is 5.15. The number of aromatic nitrogens is 1. The molecule has 164 valence electrons.